The second kappa shape index (κ2) is 12.7. The lowest BCUT2D eigenvalue weighted by atomic mass is 9.87. The van der Waals surface area contributed by atoms with Gasteiger partial charge in [0.2, 0.25) is 11.8 Å². The first-order chi connectivity index (χ1) is 19.5. The van der Waals surface area contributed by atoms with Crippen LogP contribution in [0.4, 0.5) is 29.1 Å². The maximum atomic E-state index is 14.4. The van der Waals surface area contributed by atoms with Crippen molar-refractivity contribution in [1.82, 2.24) is 10.3 Å². The summed E-state index contributed by atoms with van der Waals surface area (Å²) in [7, 11) is 0. The molecule has 216 valence electrons. The average molecular weight is 591 g/mol. The van der Waals surface area contributed by atoms with Crippen molar-refractivity contribution in [3.05, 3.63) is 90.7 Å². The maximum absolute atomic E-state index is 14.4. The number of anilines is 2. The van der Waals surface area contributed by atoms with Crippen LogP contribution in [0.3, 0.4) is 0 Å². The van der Waals surface area contributed by atoms with Crippen LogP contribution in [-0.2, 0) is 14.4 Å². The monoisotopic (exact) mass is 590 g/mol. The zero-order valence-corrected chi connectivity index (χ0v) is 22.5. The fourth-order valence-corrected chi connectivity index (χ4v) is 4.90. The Labute approximate surface area is 239 Å². The fourth-order valence-electron chi connectivity index (χ4n) is 4.80. The number of hydrogen-bond acceptors (Lipinski definition) is 4. The second-order valence-corrected chi connectivity index (χ2v) is 10.0. The van der Waals surface area contributed by atoms with E-state index in [-0.39, 0.29) is 35.8 Å². The van der Waals surface area contributed by atoms with Crippen molar-refractivity contribution in [2.45, 2.75) is 49.7 Å². The van der Waals surface area contributed by atoms with Crippen molar-refractivity contribution in [2.24, 2.45) is 0 Å². The molecule has 1 N–H and O–H groups in total. The predicted molar refractivity (Wildman–Crippen MR) is 147 cm³/mol. The highest BCUT2D eigenvalue weighted by atomic mass is 35.5. The largest absolute Gasteiger partial charge is 0.351 e. The van der Waals surface area contributed by atoms with Gasteiger partial charge in [-0.05, 0) is 42.3 Å². The second-order valence-electron chi connectivity index (χ2n) is 9.73. The topological polar surface area (TPSA) is 82.6 Å². The predicted octanol–water partition coefficient (Wildman–Crippen LogP) is 5.08. The lowest BCUT2D eigenvalue weighted by molar-refractivity contribution is -0.132. The van der Waals surface area contributed by atoms with Crippen LogP contribution in [0, 0.1) is 11.6 Å². The number of alkyl halides is 3. The number of pyridine rings is 1. The molecule has 1 aliphatic carbocycles. The molecule has 1 aliphatic heterocycles. The van der Waals surface area contributed by atoms with Gasteiger partial charge in [-0.1, -0.05) is 36.9 Å². The molecule has 2 atom stereocenters. The van der Waals surface area contributed by atoms with Gasteiger partial charge in [-0.2, -0.15) is 0 Å². The molecule has 4 rings (SSSR count). The summed E-state index contributed by atoms with van der Waals surface area (Å²) in [5.74, 6) is -6.06. The van der Waals surface area contributed by atoms with Gasteiger partial charge in [0.05, 0.1) is 6.20 Å². The van der Waals surface area contributed by atoms with E-state index in [1.807, 2.05) is 0 Å². The van der Waals surface area contributed by atoms with Gasteiger partial charge in [0.1, 0.15) is 29.5 Å². The normalized spacial score (nSPS) is 19.4. The highest BCUT2D eigenvalue weighted by Gasteiger charge is 2.48. The van der Waals surface area contributed by atoms with Crippen LogP contribution >= 0.6 is 11.6 Å². The zero-order chi connectivity index (χ0) is 29.7. The minimum atomic E-state index is -2.92. The summed E-state index contributed by atoms with van der Waals surface area (Å²) in [5, 5.41) is 2.55. The van der Waals surface area contributed by atoms with E-state index in [1.54, 1.807) is 12.2 Å². The molecule has 1 aromatic heterocycles. The number of halogens is 5. The van der Waals surface area contributed by atoms with Gasteiger partial charge in [-0.3, -0.25) is 24.2 Å². The van der Waals surface area contributed by atoms with Crippen LogP contribution < -0.4 is 15.1 Å². The Balaban J connectivity index is 1.76. The minimum Gasteiger partial charge on any atom is -0.351 e. The third kappa shape index (κ3) is 7.02. The zero-order valence-electron chi connectivity index (χ0n) is 21.8. The Morgan fingerprint density at radius 1 is 1.20 bits per heavy atom. The van der Waals surface area contributed by atoms with E-state index in [4.69, 9.17) is 11.6 Å². The number of allylic oxidation sites excluding steroid dienone is 3. The van der Waals surface area contributed by atoms with Crippen molar-refractivity contribution in [3.8, 4) is 0 Å². The molecule has 2 aromatic rings. The van der Waals surface area contributed by atoms with Crippen LogP contribution in [0.15, 0.2) is 79.1 Å². The standard InChI is InChI=1S/C29H27ClF4N4O3/c1-18(6-3-2-4-13-30)26(27(40)36-21-15-29(33,34)16-21)37(22-8-5-7-19(31)14-22)28(41)23-10-12-25(39)38(23)24-11-9-20(32)17-35-24/h2-9,11,14,17,21,23,26H,1,10,12-13,15-16H2,(H,36,40)/b4-2-,6-3-/t23-,26-/m0/s1. The number of carbonyl (C=O) groups excluding carboxylic acids is 3. The highest BCUT2D eigenvalue weighted by molar-refractivity contribution is 6.18. The van der Waals surface area contributed by atoms with Crippen molar-refractivity contribution in [3.63, 3.8) is 0 Å². The molecule has 3 amide bonds. The summed E-state index contributed by atoms with van der Waals surface area (Å²) in [5.41, 5.74) is 0.0625. The van der Waals surface area contributed by atoms with E-state index in [0.717, 1.165) is 34.2 Å². The lowest BCUT2D eigenvalue weighted by Gasteiger charge is -2.39. The van der Waals surface area contributed by atoms with E-state index in [2.05, 4.69) is 16.9 Å². The van der Waals surface area contributed by atoms with Crippen LogP contribution in [-0.4, -0.2) is 52.6 Å². The molecular weight excluding hydrogens is 564 g/mol. The number of rotatable bonds is 10. The van der Waals surface area contributed by atoms with E-state index < -0.39 is 66.2 Å². The minimum absolute atomic E-state index is 0.0219. The third-order valence-corrected chi connectivity index (χ3v) is 6.90. The molecule has 2 aliphatic rings. The van der Waals surface area contributed by atoms with Gasteiger partial charge in [0.25, 0.3) is 11.8 Å². The molecule has 41 heavy (non-hydrogen) atoms. The Kier molecular flexibility index (Phi) is 9.27. The summed E-state index contributed by atoms with van der Waals surface area (Å²) in [4.78, 5) is 46.8. The number of nitrogens with zero attached hydrogens (tertiary/aromatic N) is 3. The Morgan fingerprint density at radius 3 is 2.59 bits per heavy atom. The molecule has 0 radical (unpaired) electrons. The van der Waals surface area contributed by atoms with Crippen molar-refractivity contribution >= 4 is 40.8 Å². The van der Waals surface area contributed by atoms with Crippen molar-refractivity contribution in [2.75, 3.05) is 15.7 Å². The van der Waals surface area contributed by atoms with E-state index >= 15 is 0 Å². The summed E-state index contributed by atoms with van der Waals surface area (Å²) < 4.78 is 55.0. The molecular formula is C29H27ClF4N4O3. The molecule has 0 bridgehead atoms. The maximum Gasteiger partial charge on any atom is 0.252 e. The number of benzene rings is 1. The molecule has 1 saturated carbocycles. The quantitative estimate of drug-likeness (QED) is 0.238. The van der Waals surface area contributed by atoms with Crippen LogP contribution in [0.2, 0.25) is 0 Å². The fraction of sp³-hybridized carbons (Fsp3) is 0.310. The third-order valence-electron chi connectivity index (χ3n) is 6.72. The van der Waals surface area contributed by atoms with Gasteiger partial charge in [0, 0.05) is 36.9 Å². The van der Waals surface area contributed by atoms with Gasteiger partial charge < -0.3 is 5.32 Å². The number of nitrogens with one attached hydrogen (secondary N) is 1. The molecule has 2 heterocycles. The SMILES string of the molecule is C=C(/C=C\C=C/CCl)[C@@H](C(=O)NC1CC(F)(F)C1)N(C(=O)[C@@H]1CCC(=O)N1c1ccc(F)cn1)c1cccc(F)c1. The number of hydrogen-bond donors (Lipinski definition) is 1. The molecule has 1 saturated heterocycles. The summed E-state index contributed by atoms with van der Waals surface area (Å²) in [6, 6.07) is 3.74. The van der Waals surface area contributed by atoms with Crippen molar-refractivity contribution < 1.29 is 31.9 Å². The van der Waals surface area contributed by atoms with Crippen LogP contribution in [0.5, 0.6) is 0 Å². The van der Waals surface area contributed by atoms with Crippen LogP contribution in [0.25, 0.3) is 0 Å². The van der Waals surface area contributed by atoms with Crippen LogP contribution in [0.1, 0.15) is 25.7 Å². The lowest BCUT2D eigenvalue weighted by Crippen LogP contribution is -2.59. The Morgan fingerprint density at radius 2 is 1.95 bits per heavy atom. The van der Waals surface area contributed by atoms with Gasteiger partial charge in [0.15, 0.2) is 0 Å². The number of amides is 3. The highest BCUT2D eigenvalue weighted by Crippen LogP contribution is 2.38. The first kappa shape index (κ1) is 30.0. The molecule has 1 aromatic carbocycles. The summed E-state index contributed by atoms with van der Waals surface area (Å²) >= 11 is 5.66. The first-order valence-corrected chi connectivity index (χ1v) is 13.3. The van der Waals surface area contributed by atoms with Gasteiger partial charge in [-0.25, -0.2) is 22.5 Å². The molecule has 7 nitrogen and oxygen atoms in total. The van der Waals surface area contributed by atoms with Gasteiger partial charge >= 0.3 is 0 Å². The Hall–Kier alpha value is -3.99. The summed E-state index contributed by atoms with van der Waals surface area (Å²) in [6.07, 6.45) is 5.94. The summed E-state index contributed by atoms with van der Waals surface area (Å²) in [6.45, 7) is 3.95. The van der Waals surface area contributed by atoms with E-state index in [0.29, 0.717) is 0 Å². The molecule has 0 spiro atoms. The average Bonchev–Trinajstić information content (AvgIpc) is 3.29. The molecule has 0 unspecified atom stereocenters. The molecule has 12 heteroatoms. The Bertz CT molecular complexity index is 1370. The number of aromatic nitrogens is 1. The van der Waals surface area contributed by atoms with E-state index in [1.165, 1.54) is 30.4 Å². The number of carbonyl (C=O) groups is 3. The first-order valence-electron chi connectivity index (χ1n) is 12.8. The molecule has 2 fully saturated rings. The van der Waals surface area contributed by atoms with Crippen molar-refractivity contribution in [1.29, 1.82) is 0 Å². The van der Waals surface area contributed by atoms with E-state index in [9.17, 15) is 31.9 Å². The smallest absolute Gasteiger partial charge is 0.252 e. The van der Waals surface area contributed by atoms with Gasteiger partial charge in [-0.15, -0.1) is 11.6 Å².